The van der Waals surface area contributed by atoms with Gasteiger partial charge in [0.25, 0.3) is 0 Å². The molecule has 2 heterocycles. The topological polar surface area (TPSA) is 13.0 Å². The third-order valence-electron chi connectivity index (χ3n) is 5.25. The van der Waals surface area contributed by atoms with Gasteiger partial charge in [-0.2, -0.15) is 17.6 Å². The van der Waals surface area contributed by atoms with Crippen LogP contribution in [0, 0.1) is 17.5 Å². The van der Waals surface area contributed by atoms with Crippen molar-refractivity contribution in [2.45, 2.75) is 39.5 Å². The Morgan fingerprint density at radius 3 is 1.35 bits per heavy atom. The lowest BCUT2D eigenvalue weighted by Crippen LogP contribution is -2.30. The number of benzene rings is 1. The molecule has 0 atom stereocenters. The SMILES string of the molecule is CCCCN1CN(c2cc(N3CN(CCCC)C(F)=C3F)c(F)c(F)c2F)C(F)=C1F. The van der Waals surface area contributed by atoms with Gasteiger partial charge in [-0.05, 0) is 18.9 Å². The Kier molecular flexibility index (Phi) is 6.90. The molecule has 0 N–H and O–H groups in total. The van der Waals surface area contributed by atoms with Crippen LogP contribution in [0.25, 0.3) is 0 Å². The number of unbranched alkanes of at least 4 members (excludes halogenated alkanes) is 2. The van der Waals surface area contributed by atoms with Gasteiger partial charge in [0.05, 0.1) is 24.7 Å². The maximum atomic E-state index is 14.5. The van der Waals surface area contributed by atoms with Crippen LogP contribution in [0.15, 0.2) is 29.9 Å². The Morgan fingerprint density at radius 1 is 0.613 bits per heavy atom. The molecule has 0 amide bonds. The van der Waals surface area contributed by atoms with Gasteiger partial charge < -0.3 is 9.80 Å². The molecule has 4 nitrogen and oxygen atoms in total. The summed E-state index contributed by atoms with van der Waals surface area (Å²) in [5.74, 6) is -11.0. The zero-order valence-electron chi connectivity index (χ0n) is 17.2. The molecule has 0 bridgehead atoms. The van der Waals surface area contributed by atoms with Crippen molar-refractivity contribution in [3.63, 3.8) is 0 Å². The average Bonchev–Trinajstić information content (AvgIpc) is 3.20. The lowest BCUT2D eigenvalue weighted by Gasteiger charge is -2.25. The first-order valence-corrected chi connectivity index (χ1v) is 10.1. The Labute approximate surface area is 175 Å². The van der Waals surface area contributed by atoms with Gasteiger partial charge in [-0.1, -0.05) is 26.7 Å². The lowest BCUT2D eigenvalue weighted by molar-refractivity contribution is 0.290. The number of nitrogens with zero attached hydrogens (tertiary/aromatic N) is 4. The summed E-state index contributed by atoms with van der Waals surface area (Å²) >= 11 is 0. The predicted octanol–water partition coefficient (Wildman–Crippen LogP) is 5.99. The minimum atomic E-state index is -1.99. The highest BCUT2D eigenvalue weighted by Gasteiger charge is 2.37. The summed E-state index contributed by atoms with van der Waals surface area (Å²) < 4.78 is 101. The molecular weight excluding hydrogens is 429 g/mol. The molecule has 2 aliphatic heterocycles. The molecule has 1 aromatic rings. The van der Waals surface area contributed by atoms with Crippen LogP contribution in [-0.4, -0.2) is 36.2 Å². The maximum absolute atomic E-state index is 14.5. The molecule has 3 rings (SSSR count). The van der Waals surface area contributed by atoms with Crippen molar-refractivity contribution >= 4 is 11.4 Å². The van der Waals surface area contributed by atoms with Crippen molar-refractivity contribution in [1.29, 1.82) is 0 Å². The third kappa shape index (κ3) is 4.14. The standard InChI is InChI=1S/C20H23F7N4/c1-3-5-7-28-10-30(19(26)17(28)24)12-9-13(15(22)16(23)14(12)21)31-11-29(8-6-4-2)18(25)20(31)27/h9H,3-8,10-11H2,1-2H3. The second-order valence-corrected chi connectivity index (χ2v) is 7.39. The molecule has 2 aliphatic rings. The minimum Gasteiger partial charge on any atom is -0.327 e. The van der Waals surface area contributed by atoms with Crippen molar-refractivity contribution in [2.75, 3.05) is 36.2 Å². The van der Waals surface area contributed by atoms with E-state index < -0.39 is 66.0 Å². The van der Waals surface area contributed by atoms with E-state index in [0.717, 1.165) is 9.80 Å². The van der Waals surface area contributed by atoms with Crippen molar-refractivity contribution in [2.24, 2.45) is 0 Å². The van der Waals surface area contributed by atoms with Gasteiger partial charge in [0.15, 0.2) is 17.5 Å². The first-order valence-electron chi connectivity index (χ1n) is 10.1. The Hall–Kier alpha value is -2.59. The number of hydrogen-bond acceptors (Lipinski definition) is 4. The van der Waals surface area contributed by atoms with E-state index in [0.29, 0.717) is 41.5 Å². The summed E-state index contributed by atoms with van der Waals surface area (Å²) in [5, 5.41) is 0. The summed E-state index contributed by atoms with van der Waals surface area (Å²) in [4.78, 5) is 2.97. The second kappa shape index (κ2) is 9.27. The van der Waals surface area contributed by atoms with Crippen LogP contribution in [0.2, 0.25) is 0 Å². The first-order chi connectivity index (χ1) is 14.7. The Balaban J connectivity index is 1.97. The zero-order valence-corrected chi connectivity index (χ0v) is 17.2. The van der Waals surface area contributed by atoms with E-state index in [1.165, 1.54) is 0 Å². The van der Waals surface area contributed by atoms with Crippen molar-refractivity contribution in [3.8, 4) is 0 Å². The van der Waals surface area contributed by atoms with Gasteiger partial charge in [-0.25, -0.2) is 13.2 Å². The van der Waals surface area contributed by atoms with E-state index in [9.17, 15) is 30.7 Å². The fourth-order valence-electron chi connectivity index (χ4n) is 3.44. The molecule has 0 unspecified atom stereocenters. The summed E-state index contributed by atoms with van der Waals surface area (Å²) in [5.41, 5.74) is -1.64. The van der Waals surface area contributed by atoms with E-state index in [1.807, 2.05) is 13.8 Å². The van der Waals surface area contributed by atoms with Crippen LogP contribution in [0.1, 0.15) is 39.5 Å². The summed E-state index contributed by atoms with van der Waals surface area (Å²) in [7, 11) is 0. The molecule has 0 fully saturated rings. The first kappa shape index (κ1) is 23.1. The monoisotopic (exact) mass is 452 g/mol. The van der Waals surface area contributed by atoms with Gasteiger partial charge in [-0.15, -0.1) is 0 Å². The Bertz CT molecular complexity index is 834. The third-order valence-corrected chi connectivity index (χ3v) is 5.25. The average molecular weight is 452 g/mol. The quantitative estimate of drug-likeness (QED) is 0.273. The molecule has 11 heteroatoms. The van der Waals surface area contributed by atoms with Crippen LogP contribution in [0.3, 0.4) is 0 Å². The van der Waals surface area contributed by atoms with E-state index in [1.54, 1.807) is 0 Å². The highest BCUT2D eigenvalue weighted by atomic mass is 19.2. The number of rotatable bonds is 8. The van der Waals surface area contributed by atoms with Crippen molar-refractivity contribution < 1.29 is 30.7 Å². The highest BCUT2D eigenvalue weighted by Crippen LogP contribution is 2.40. The van der Waals surface area contributed by atoms with Crippen LogP contribution < -0.4 is 9.80 Å². The molecule has 0 saturated heterocycles. The minimum absolute atomic E-state index is 0.130. The van der Waals surface area contributed by atoms with E-state index >= 15 is 0 Å². The van der Waals surface area contributed by atoms with Crippen molar-refractivity contribution in [3.05, 3.63) is 47.3 Å². The maximum Gasteiger partial charge on any atom is 0.249 e. The van der Waals surface area contributed by atoms with Crippen LogP contribution in [0.5, 0.6) is 0 Å². The number of halogens is 7. The molecule has 0 spiro atoms. The number of hydrogen-bond donors (Lipinski definition) is 0. The smallest absolute Gasteiger partial charge is 0.249 e. The number of anilines is 2. The molecule has 172 valence electrons. The largest absolute Gasteiger partial charge is 0.327 e. The van der Waals surface area contributed by atoms with E-state index in [-0.39, 0.29) is 13.1 Å². The van der Waals surface area contributed by atoms with Gasteiger partial charge in [0.1, 0.15) is 0 Å². The van der Waals surface area contributed by atoms with Gasteiger partial charge in [0, 0.05) is 13.1 Å². The molecular formula is C20H23F7N4. The summed E-state index contributed by atoms with van der Waals surface area (Å²) in [6, 6.07) is 0.653. The highest BCUT2D eigenvalue weighted by molar-refractivity contribution is 5.66. The fourth-order valence-corrected chi connectivity index (χ4v) is 3.44. The molecule has 0 aliphatic carbocycles. The van der Waals surface area contributed by atoms with E-state index in [2.05, 4.69) is 0 Å². The molecule has 0 saturated carbocycles. The Morgan fingerprint density at radius 2 is 1.00 bits per heavy atom. The molecule has 0 aromatic heterocycles. The predicted molar refractivity (Wildman–Crippen MR) is 103 cm³/mol. The zero-order chi connectivity index (χ0) is 22.9. The lowest BCUT2D eigenvalue weighted by atomic mass is 10.2. The molecule has 0 radical (unpaired) electrons. The second-order valence-electron chi connectivity index (χ2n) is 7.39. The van der Waals surface area contributed by atoms with Crippen molar-refractivity contribution in [1.82, 2.24) is 9.80 Å². The van der Waals surface area contributed by atoms with E-state index in [4.69, 9.17) is 0 Å². The van der Waals surface area contributed by atoms with Crippen LogP contribution in [0.4, 0.5) is 42.1 Å². The van der Waals surface area contributed by atoms with Gasteiger partial charge >= 0.3 is 0 Å². The van der Waals surface area contributed by atoms with Crippen LogP contribution in [-0.2, 0) is 0 Å². The van der Waals surface area contributed by atoms with Crippen LogP contribution >= 0.6 is 0 Å². The summed E-state index contributed by atoms with van der Waals surface area (Å²) in [6.07, 6.45) is 2.43. The normalized spacial score (nSPS) is 17.2. The summed E-state index contributed by atoms with van der Waals surface area (Å²) in [6.45, 7) is 2.99. The van der Waals surface area contributed by atoms with Gasteiger partial charge in [-0.3, -0.25) is 9.80 Å². The fraction of sp³-hybridized carbons (Fsp3) is 0.500. The molecule has 1 aromatic carbocycles. The molecule has 31 heavy (non-hydrogen) atoms. The van der Waals surface area contributed by atoms with Gasteiger partial charge in [0.2, 0.25) is 23.8 Å².